The van der Waals surface area contributed by atoms with Crippen LogP contribution in [0.5, 0.6) is 0 Å². The minimum absolute atomic E-state index is 0.0995. The Kier molecular flexibility index (Phi) is 6.10. The van der Waals surface area contributed by atoms with E-state index in [0.29, 0.717) is 6.54 Å². The van der Waals surface area contributed by atoms with Crippen molar-refractivity contribution in [3.8, 4) is 0 Å². The molecule has 0 aromatic heterocycles. The van der Waals surface area contributed by atoms with E-state index in [1.807, 2.05) is 13.8 Å². The van der Waals surface area contributed by atoms with Crippen LogP contribution in [0.15, 0.2) is 24.3 Å². The van der Waals surface area contributed by atoms with Gasteiger partial charge in [-0.15, -0.1) is 0 Å². The predicted molar refractivity (Wildman–Crippen MR) is 89.9 cm³/mol. The van der Waals surface area contributed by atoms with Crippen molar-refractivity contribution in [1.29, 1.82) is 0 Å². The first kappa shape index (κ1) is 17.8. The fourth-order valence-electron chi connectivity index (χ4n) is 2.82. The Balaban J connectivity index is 1.68. The molecule has 0 bridgehead atoms. The van der Waals surface area contributed by atoms with Gasteiger partial charge in [0, 0.05) is 51.4 Å². The Labute approximate surface area is 137 Å². The molecule has 0 unspecified atom stereocenters. The molecule has 1 aliphatic heterocycles. The molecule has 0 atom stereocenters. The van der Waals surface area contributed by atoms with E-state index >= 15 is 0 Å². The Hall–Kier alpha value is -1.50. The smallest absolute Gasteiger partial charge is 0.254 e. The highest BCUT2D eigenvalue weighted by Gasteiger charge is 2.21. The molecule has 1 aromatic rings. The van der Waals surface area contributed by atoms with Gasteiger partial charge in [0.15, 0.2) is 0 Å². The van der Waals surface area contributed by atoms with Crippen molar-refractivity contribution in [1.82, 2.24) is 15.1 Å². The van der Waals surface area contributed by atoms with Gasteiger partial charge in [-0.2, -0.15) is 0 Å². The fraction of sp³-hybridized carbons (Fsp3) is 0.588. The van der Waals surface area contributed by atoms with Crippen LogP contribution in [0, 0.1) is 5.82 Å². The molecule has 23 heavy (non-hydrogen) atoms. The Morgan fingerprint density at radius 3 is 2.43 bits per heavy atom. The molecule has 0 radical (unpaired) electrons. The van der Waals surface area contributed by atoms with Crippen molar-refractivity contribution < 1.29 is 9.18 Å². The third-order valence-electron chi connectivity index (χ3n) is 3.93. The maximum absolute atomic E-state index is 13.5. The largest absolute Gasteiger partial charge is 0.351 e. The van der Waals surface area contributed by atoms with Crippen LogP contribution in [0.4, 0.5) is 4.39 Å². The second kappa shape index (κ2) is 7.86. The van der Waals surface area contributed by atoms with Gasteiger partial charge in [0.25, 0.3) is 5.91 Å². The second-order valence-corrected chi connectivity index (χ2v) is 6.84. The number of nitrogens with zero attached hydrogens (tertiary/aromatic N) is 2. The number of halogens is 1. The van der Waals surface area contributed by atoms with E-state index in [1.165, 1.54) is 12.1 Å². The maximum atomic E-state index is 13.5. The Bertz CT molecular complexity index is 522. The minimum atomic E-state index is -0.483. The molecule has 1 aromatic carbocycles. The number of nitrogens with two attached hydrogens (primary N) is 1. The zero-order valence-electron chi connectivity index (χ0n) is 14.0. The highest BCUT2D eigenvalue weighted by atomic mass is 19.1. The van der Waals surface area contributed by atoms with Crippen LogP contribution in [0.2, 0.25) is 0 Å². The summed E-state index contributed by atoms with van der Waals surface area (Å²) in [5.74, 6) is -0.838. The molecule has 1 heterocycles. The predicted octanol–water partition coefficient (Wildman–Crippen LogP) is 0.910. The SMILES string of the molecule is CC(C)(N)CN1CCN(CCNC(=O)c2ccccc2F)CC1. The summed E-state index contributed by atoms with van der Waals surface area (Å²) in [4.78, 5) is 16.6. The standard InChI is InChI=1S/C17H27FN4O/c1-17(2,19)13-22-11-9-21(10-12-22)8-7-20-16(23)14-5-3-4-6-15(14)18/h3-6H,7-13,19H2,1-2H3,(H,20,23). The van der Waals surface area contributed by atoms with Gasteiger partial charge < -0.3 is 11.1 Å². The zero-order chi connectivity index (χ0) is 16.9. The van der Waals surface area contributed by atoms with Gasteiger partial charge in [-0.3, -0.25) is 14.6 Å². The normalized spacial score (nSPS) is 17.2. The van der Waals surface area contributed by atoms with Crippen LogP contribution in [0.1, 0.15) is 24.2 Å². The average molecular weight is 322 g/mol. The van der Waals surface area contributed by atoms with Crippen LogP contribution < -0.4 is 11.1 Å². The topological polar surface area (TPSA) is 61.6 Å². The van der Waals surface area contributed by atoms with E-state index in [4.69, 9.17) is 5.73 Å². The summed E-state index contributed by atoms with van der Waals surface area (Å²) < 4.78 is 13.5. The first-order chi connectivity index (χ1) is 10.8. The van der Waals surface area contributed by atoms with Crippen LogP contribution >= 0.6 is 0 Å². The maximum Gasteiger partial charge on any atom is 0.254 e. The minimum Gasteiger partial charge on any atom is -0.351 e. The first-order valence-electron chi connectivity index (χ1n) is 8.11. The lowest BCUT2D eigenvalue weighted by Gasteiger charge is -2.37. The van der Waals surface area contributed by atoms with Crippen molar-refractivity contribution in [3.63, 3.8) is 0 Å². The lowest BCUT2D eigenvalue weighted by molar-refractivity contribution is 0.0924. The molecule has 1 saturated heterocycles. The second-order valence-electron chi connectivity index (χ2n) is 6.84. The third kappa shape index (κ3) is 5.89. The number of benzene rings is 1. The molecule has 0 aliphatic carbocycles. The molecule has 0 saturated carbocycles. The quantitative estimate of drug-likeness (QED) is 0.817. The van der Waals surface area contributed by atoms with Crippen molar-refractivity contribution in [3.05, 3.63) is 35.6 Å². The number of amides is 1. The molecular weight excluding hydrogens is 295 g/mol. The number of rotatable bonds is 6. The van der Waals surface area contributed by atoms with Crippen LogP contribution in [0.25, 0.3) is 0 Å². The number of hydrogen-bond acceptors (Lipinski definition) is 4. The van der Waals surface area contributed by atoms with Gasteiger partial charge >= 0.3 is 0 Å². The summed E-state index contributed by atoms with van der Waals surface area (Å²) in [6.07, 6.45) is 0. The highest BCUT2D eigenvalue weighted by Crippen LogP contribution is 2.07. The zero-order valence-corrected chi connectivity index (χ0v) is 14.0. The molecule has 6 heteroatoms. The molecule has 1 aliphatic rings. The van der Waals surface area contributed by atoms with E-state index in [2.05, 4.69) is 15.1 Å². The molecular formula is C17H27FN4O. The number of carbonyl (C=O) groups is 1. The third-order valence-corrected chi connectivity index (χ3v) is 3.93. The fourth-order valence-corrected chi connectivity index (χ4v) is 2.82. The summed E-state index contributed by atoms with van der Waals surface area (Å²) in [5.41, 5.74) is 5.98. The van der Waals surface area contributed by atoms with Gasteiger partial charge in [-0.25, -0.2) is 4.39 Å². The number of piperazine rings is 1. The van der Waals surface area contributed by atoms with E-state index in [9.17, 15) is 9.18 Å². The van der Waals surface area contributed by atoms with E-state index in [0.717, 1.165) is 39.3 Å². The van der Waals surface area contributed by atoms with Crippen molar-refractivity contribution in [2.75, 3.05) is 45.8 Å². The monoisotopic (exact) mass is 322 g/mol. The lowest BCUT2D eigenvalue weighted by atomic mass is 10.1. The van der Waals surface area contributed by atoms with Crippen LogP contribution in [-0.4, -0.2) is 67.1 Å². The van der Waals surface area contributed by atoms with E-state index in [1.54, 1.807) is 12.1 Å². The summed E-state index contributed by atoms with van der Waals surface area (Å²) >= 11 is 0. The van der Waals surface area contributed by atoms with Gasteiger partial charge in [0.2, 0.25) is 0 Å². The number of carbonyl (C=O) groups excluding carboxylic acids is 1. The first-order valence-corrected chi connectivity index (χ1v) is 8.11. The summed E-state index contributed by atoms with van der Waals surface area (Å²) in [6.45, 7) is 10.2. The molecule has 3 N–H and O–H groups in total. The van der Waals surface area contributed by atoms with Crippen molar-refractivity contribution in [2.24, 2.45) is 5.73 Å². The summed E-state index contributed by atoms with van der Waals surface area (Å²) in [5, 5.41) is 2.78. The van der Waals surface area contributed by atoms with E-state index in [-0.39, 0.29) is 17.0 Å². The van der Waals surface area contributed by atoms with Gasteiger partial charge in [0.1, 0.15) is 5.82 Å². The molecule has 128 valence electrons. The Morgan fingerprint density at radius 2 is 1.83 bits per heavy atom. The summed E-state index contributed by atoms with van der Waals surface area (Å²) in [7, 11) is 0. The van der Waals surface area contributed by atoms with Crippen molar-refractivity contribution in [2.45, 2.75) is 19.4 Å². The lowest BCUT2D eigenvalue weighted by Crippen LogP contribution is -2.53. The van der Waals surface area contributed by atoms with E-state index < -0.39 is 5.82 Å². The van der Waals surface area contributed by atoms with Crippen LogP contribution in [0.3, 0.4) is 0 Å². The van der Waals surface area contributed by atoms with Gasteiger partial charge in [-0.05, 0) is 26.0 Å². The molecule has 1 amide bonds. The average Bonchev–Trinajstić information content (AvgIpc) is 2.48. The van der Waals surface area contributed by atoms with Gasteiger partial charge in [0.05, 0.1) is 5.56 Å². The van der Waals surface area contributed by atoms with Gasteiger partial charge in [-0.1, -0.05) is 12.1 Å². The Morgan fingerprint density at radius 1 is 1.22 bits per heavy atom. The molecule has 0 spiro atoms. The number of hydrogen-bond donors (Lipinski definition) is 2. The summed E-state index contributed by atoms with van der Waals surface area (Å²) in [6, 6.07) is 6.04. The highest BCUT2D eigenvalue weighted by molar-refractivity contribution is 5.94. The molecule has 1 fully saturated rings. The molecule has 5 nitrogen and oxygen atoms in total. The van der Waals surface area contributed by atoms with Crippen molar-refractivity contribution >= 4 is 5.91 Å². The van der Waals surface area contributed by atoms with Crippen LogP contribution in [-0.2, 0) is 0 Å². The molecule has 2 rings (SSSR count). The number of nitrogens with one attached hydrogen (secondary N) is 1.